The van der Waals surface area contributed by atoms with Gasteiger partial charge in [0, 0.05) is 25.8 Å². The second-order valence-electron chi connectivity index (χ2n) is 5.28. The van der Waals surface area contributed by atoms with Gasteiger partial charge in [0.15, 0.2) is 0 Å². The number of hydrogen-bond acceptors (Lipinski definition) is 4. The van der Waals surface area contributed by atoms with E-state index in [2.05, 4.69) is 28.9 Å². The van der Waals surface area contributed by atoms with Crippen LogP contribution in [0.1, 0.15) is 31.4 Å². The first-order valence-electron chi connectivity index (χ1n) is 6.63. The van der Waals surface area contributed by atoms with Crippen LogP contribution in [0.25, 0.3) is 0 Å². The zero-order valence-corrected chi connectivity index (χ0v) is 11.5. The number of aromatic nitrogens is 1. The molecule has 1 fully saturated rings. The molecule has 0 spiro atoms. The second kappa shape index (κ2) is 5.67. The Morgan fingerprint density at radius 1 is 1.56 bits per heavy atom. The number of aliphatic hydroxyl groups excluding tert-OH is 1. The molecule has 0 saturated carbocycles. The molecule has 4 nitrogen and oxygen atoms in total. The van der Waals surface area contributed by atoms with Crippen LogP contribution >= 0.6 is 0 Å². The van der Waals surface area contributed by atoms with E-state index in [0.29, 0.717) is 6.04 Å². The summed E-state index contributed by atoms with van der Waals surface area (Å²) < 4.78 is 0. The summed E-state index contributed by atoms with van der Waals surface area (Å²) in [5.41, 5.74) is 0.866. The van der Waals surface area contributed by atoms with Crippen molar-refractivity contribution in [2.24, 2.45) is 0 Å². The molecular weight excluding hydrogens is 226 g/mol. The first kappa shape index (κ1) is 13.3. The van der Waals surface area contributed by atoms with Crippen LogP contribution in [-0.4, -0.2) is 48.2 Å². The zero-order valence-electron chi connectivity index (χ0n) is 11.5. The van der Waals surface area contributed by atoms with Gasteiger partial charge in [-0.15, -0.1) is 0 Å². The van der Waals surface area contributed by atoms with Gasteiger partial charge in [-0.3, -0.25) is 0 Å². The first-order valence-corrected chi connectivity index (χ1v) is 6.63. The lowest BCUT2D eigenvalue weighted by Gasteiger charge is -2.26. The van der Waals surface area contributed by atoms with Crippen LogP contribution in [0, 0.1) is 0 Å². The second-order valence-corrected chi connectivity index (χ2v) is 5.28. The van der Waals surface area contributed by atoms with E-state index in [-0.39, 0.29) is 0 Å². The fourth-order valence-electron chi connectivity index (χ4n) is 2.49. The molecule has 0 radical (unpaired) electrons. The van der Waals surface area contributed by atoms with Crippen molar-refractivity contribution in [3.63, 3.8) is 0 Å². The third-order valence-corrected chi connectivity index (χ3v) is 3.80. The highest BCUT2D eigenvalue weighted by Crippen LogP contribution is 2.19. The number of likely N-dealkylation sites (N-methyl/N-ethyl adjacent to an activating group) is 2. The summed E-state index contributed by atoms with van der Waals surface area (Å²) in [5, 5.41) is 9.46. The van der Waals surface area contributed by atoms with E-state index in [4.69, 9.17) is 0 Å². The number of anilines is 1. The minimum atomic E-state index is -0.446. The monoisotopic (exact) mass is 249 g/mol. The van der Waals surface area contributed by atoms with Gasteiger partial charge < -0.3 is 14.9 Å². The van der Waals surface area contributed by atoms with Gasteiger partial charge in [0.25, 0.3) is 0 Å². The lowest BCUT2D eigenvalue weighted by molar-refractivity contribution is 0.199. The fraction of sp³-hybridized carbons (Fsp3) is 0.643. The lowest BCUT2D eigenvalue weighted by Crippen LogP contribution is -2.36. The predicted molar refractivity (Wildman–Crippen MR) is 73.8 cm³/mol. The molecule has 1 saturated heterocycles. The number of hydrogen-bond donors (Lipinski definition) is 1. The smallest absolute Gasteiger partial charge is 0.128 e. The maximum absolute atomic E-state index is 9.46. The summed E-state index contributed by atoms with van der Waals surface area (Å²) in [6.45, 7) is 3.97. The van der Waals surface area contributed by atoms with E-state index in [0.717, 1.165) is 17.9 Å². The molecule has 1 aromatic rings. The van der Waals surface area contributed by atoms with E-state index in [9.17, 15) is 5.11 Å². The molecule has 2 atom stereocenters. The average Bonchev–Trinajstić information content (AvgIpc) is 2.75. The van der Waals surface area contributed by atoms with Crippen LogP contribution in [-0.2, 0) is 0 Å². The van der Waals surface area contributed by atoms with Crippen molar-refractivity contribution >= 4 is 5.82 Å². The van der Waals surface area contributed by atoms with Crippen LogP contribution in [0.5, 0.6) is 0 Å². The van der Waals surface area contributed by atoms with Crippen LogP contribution in [0.2, 0.25) is 0 Å². The van der Waals surface area contributed by atoms with Crippen molar-refractivity contribution in [3.05, 3.63) is 23.9 Å². The van der Waals surface area contributed by atoms with Crippen molar-refractivity contribution in [2.75, 3.05) is 32.1 Å². The van der Waals surface area contributed by atoms with E-state index in [1.165, 1.54) is 19.4 Å². The fourth-order valence-corrected chi connectivity index (χ4v) is 2.49. The molecule has 1 N–H and O–H groups in total. The highest BCUT2D eigenvalue weighted by molar-refractivity contribution is 5.38. The average molecular weight is 249 g/mol. The molecule has 0 aromatic carbocycles. The van der Waals surface area contributed by atoms with E-state index >= 15 is 0 Å². The van der Waals surface area contributed by atoms with Crippen LogP contribution in [0.4, 0.5) is 5.82 Å². The standard InChI is InChI=1S/C14H23N3O/c1-11(18)12-6-7-14(15-9-12)17(3)10-13-5-4-8-16(13)2/h6-7,9,11,13,18H,4-5,8,10H2,1-3H3/t11-,13?/m0/s1. The molecule has 0 aliphatic carbocycles. The maximum atomic E-state index is 9.46. The quantitative estimate of drug-likeness (QED) is 0.881. The molecule has 2 heterocycles. The SMILES string of the molecule is C[C@H](O)c1ccc(N(C)CC2CCCN2C)nc1. The number of pyridine rings is 1. The molecule has 1 aliphatic rings. The highest BCUT2D eigenvalue weighted by atomic mass is 16.3. The maximum Gasteiger partial charge on any atom is 0.128 e. The van der Waals surface area contributed by atoms with Crippen molar-refractivity contribution < 1.29 is 5.11 Å². The Morgan fingerprint density at radius 2 is 2.33 bits per heavy atom. The van der Waals surface area contributed by atoms with Gasteiger partial charge in [0.2, 0.25) is 0 Å². The molecule has 18 heavy (non-hydrogen) atoms. The minimum Gasteiger partial charge on any atom is -0.389 e. The molecule has 100 valence electrons. The van der Waals surface area contributed by atoms with Gasteiger partial charge in [-0.2, -0.15) is 0 Å². The Hall–Kier alpha value is -1.13. The molecule has 0 bridgehead atoms. The van der Waals surface area contributed by atoms with E-state index in [1.807, 2.05) is 12.1 Å². The number of aliphatic hydroxyl groups is 1. The molecule has 0 amide bonds. The van der Waals surface area contributed by atoms with Gasteiger partial charge in [-0.1, -0.05) is 6.07 Å². The molecule has 1 unspecified atom stereocenters. The Balaban J connectivity index is 1.98. The molecular formula is C14H23N3O. The van der Waals surface area contributed by atoms with Gasteiger partial charge in [-0.05, 0) is 45.0 Å². The third kappa shape index (κ3) is 3.00. The highest BCUT2D eigenvalue weighted by Gasteiger charge is 2.22. The van der Waals surface area contributed by atoms with Gasteiger partial charge >= 0.3 is 0 Å². The Morgan fingerprint density at radius 3 is 2.83 bits per heavy atom. The van der Waals surface area contributed by atoms with E-state index in [1.54, 1.807) is 13.1 Å². The van der Waals surface area contributed by atoms with Crippen LogP contribution in [0.3, 0.4) is 0 Å². The van der Waals surface area contributed by atoms with Gasteiger partial charge in [0.05, 0.1) is 6.10 Å². The Bertz CT molecular complexity index is 377. The summed E-state index contributed by atoms with van der Waals surface area (Å²) in [7, 11) is 4.27. The number of rotatable bonds is 4. The van der Waals surface area contributed by atoms with Crippen molar-refractivity contribution in [3.8, 4) is 0 Å². The Kier molecular flexibility index (Phi) is 4.19. The topological polar surface area (TPSA) is 39.6 Å². The summed E-state index contributed by atoms with van der Waals surface area (Å²) in [6.07, 6.45) is 3.88. The van der Waals surface area contributed by atoms with E-state index < -0.39 is 6.10 Å². The molecule has 2 rings (SSSR count). The summed E-state index contributed by atoms with van der Waals surface area (Å²) >= 11 is 0. The minimum absolute atomic E-state index is 0.446. The Labute approximate surface area is 109 Å². The van der Waals surface area contributed by atoms with Crippen LogP contribution < -0.4 is 4.90 Å². The lowest BCUT2D eigenvalue weighted by atomic mass is 10.2. The molecule has 1 aliphatic heterocycles. The predicted octanol–water partition coefficient (Wildman–Crippen LogP) is 1.67. The van der Waals surface area contributed by atoms with Crippen LogP contribution in [0.15, 0.2) is 18.3 Å². The van der Waals surface area contributed by atoms with Crippen molar-refractivity contribution in [1.82, 2.24) is 9.88 Å². The summed E-state index contributed by atoms with van der Waals surface area (Å²) in [4.78, 5) is 9.02. The molecule has 4 heteroatoms. The zero-order chi connectivity index (χ0) is 13.1. The third-order valence-electron chi connectivity index (χ3n) is 3.80. The molecule has 1 aromatic heterocycles. The van der Waals surface area contributed by atoms with Crippen molar-refractivity contribution in [2.45, 2.75) is 31.9 Å². The number of likely N-dealkylation sites (tertiary alicyclic amines) is 1. The summed E-state index contributed by atoms with van der Waals surface area (Å²) in [5.74, 6) is 0.972. The summed E-state index contributed by atoms with van der Waals surface area (Å²) in [6, 6.07) is 4.56. The normalized spacial score (nSPS) is 22.1. The number of nitrogens with zero attached hydrogens (tertiary/aromatic N) is 3. The van der Waals surface area contributed by atoms with Gasteiger partial charge in [-0.25, -0.2) is 4.98 Å². The van der Waals surface area contributed by atoms with Gasteiger partial charge in [0.1, 0.15) is 5.82 Å². The van der Waals surface area contributed by atoms with Crippen molar-refractivity contribution in [1.29, 1.82) is 0 Å². The first-order chi connectivity index (χ1) is 8.58. The largest absolute Gasteiger partial charge is 0.389 e.